The van der Waals surface area contributed by atoms with Crippen LogP contribution in [0.25, 0.3) is 0 Å². The first-order valence-electron chi connectivity index (χ1n) is 4.27. The van der Waals surface area contributed by atoms with Crippen LogP contribution < -0.4 is 11.1 Å². The lowest BCUT2D eigenvalue weighted by molar-refractivity contribution is 0.881. The van der Waals surface area contributed by atoms with E-state index in [4.69, 9.17) is 17.3 Å². The van der Waals surface area contributed by atoms with Crippen LogP contribution in [0, 0.1) is 5.92 Å². The summed E-state index contributed by atoms with van der Waals surface area (Å²) in [6.45, 7) is 0.927. The maximum Gasteiger partial charge on any atom is 0.150 e. The highest BCUT2D eigenvalue weighted by atomic mass is 35.5. The molecular formula is C8H11ClN4. The molecule has 1 aromatic rings. The summed E-state index contributed by atoms with van der Waals surface area (Å²) in [6, 6.07) is 0. The first kappa shape index (κ1) is 8.56. The van der Waals surface area contributed by atoms with Crippen LogP contribution in [0.3, 0.4) is 0 Å². The maximum atomic E-state index is 5.88. The number of nitrogen functional groups attached to an aromatic ring is 1. The summed E-state index contributed by atoms with van der Waals surface area (Å²) in [5, 5.41) is 3.57. The molecule has 0 unspecified atom stereocenters. The fraction of sp³-hybridized carbons (Fsp3) is 0.500. The molecule has 3 N–H and O–H groups in total. The third kappa shape index (κ3) is 2.01. The van der Waals surface area contributed by atoms with Gasteiger partial charge in [0.05, 0.1) is 0 Å². The van der Waals surface area contributed by atoms with Crippen LogP contribution in [-0.4, -0.2) is 16.5 Å². The second-order valence-corrected chi connectivity index (χ2v) is 3.62. The average molecular weight is 199 g/mol. The Morgan fingerprint density at radius 2 is 2.31 bits per heavy atom. The fourth-order valence-electron chi connectivity index (χ4n) is 1.07. The van der Waals surface area contributed by atoms with Gasteiger partial charge in [0.15, 0.2) is 0 Å². The second-order valence-electron chi connectivity index (χ2n) is 3.25. The highest BCUT2D eigenvalue weighted by molar-refractivity contribution is 6.35. The largest absolute Gasteiger partial charge is 0.382 e. The van der Waals surface area contributed by atoms with Crippen LogP contribution in [0.4, 0.5) is 11.6 Å². The van der Waals surface area contributed by atoms with Crippen molar-refractivity contribution in [1.82, 2.24) is 9.97 Å². The molecule has 0 amide bonds. The van der Waals surface area contributed by atoms with E-state index in [-0.39, 0.29) is 0 Å². The SMILES string of the molecule is Nc1ncnc(NCC2CC2)c1Cl. The Bertz CT molecular complexity index is 311. The predicted molar refractivity (Wildman–Crippen MR) is 52.7 cm³/mol. The summed E-state index contributed by atoms with van der Waals surface area (Å²) in [6.07, 6.45) is 4.01. The smallest absolute Gasteiger partial charge is 0.150 e. The summed E-state index contributed by atoms with van der Waals surface area (Å²) in [4.78, 5) is 7.78. The molecule has 4 nitrogen and oxygen atoms in total. The van der Waals surface area contributed by atoms with E-state index in [1.54, 1.807) is 0 Å². The summed E-state index contributed by atoms with van der Waals surface area (Å²) in [5.74, 6) is 1.75. The number of nitrogens with one attached hydrogen (secondary N) is 1. The van der Waals surface area contributed by atoms with Crippen molar-refractivity contribution < 1.29 is 0 Å². The van der Waals surface area contributed by atoms with E-state index in [1.165, 1.54) is 19.2 Å². The van der Waals surface area contributed by atoms with Crippen LogP contribution in [0.5, 0.6) is 0 Å². The lowest BCUT2D eigenvalue weighted by Crippen LogP contribution is -2.07. The number of nitrogens with two attached hydrogens (primary N) is 1. The zero-order chi connectivity index (χ0) is 9.26. The van der Waals surface area contributed by atoms with Gasteiger partial charge in [-0.05, 0) is 18.8 Å². The van der Waals surface area contributed by atoms with Gasteiger partial charge < -0.3 is 11.1 Å². The number of aromatic nitrogens is 2. The molecule has 1 fully saturated rings. The minimum atomic E-state index is 0.329. The van der Waals surface area contributed by atoms with Crippen molar-refractivity contribution in [2.24, 2.45) is 5.92 Å². The van der Waals surface area contributed by atoms with Gasteiger partial charge in [0.2, 0.25) is 0 Å². The molecule has 1 saturated carbocycles. The van der Waals surface area contributed by atoms with Gasteiger partial charge >= 0.3 is 0 Å². The van der Waals surface area contributed by atoms with E-state index in [0.29, 0.717) is 16.7 Å². The Morgan fingerprint density at radius 1 is 1.54 bits per heavy atom. The molecule has 1 heterocycles. The Hall–Kier alpha value is -1.03. The predicted octanol–water partition coefficient (Wildman–Crippen LogP) is 1.53. The highest BCUT2D eigenvalue weighted by Crippen LogP contribution is 2.30. The Kier molecular flexibility index (Phi) is 2.22. The normalized spacial score (nSPS) is 15.8. The molecule has 2 rings (SSSR count). The fourth-order valence-corrected chi connectivity index (χ4v) is 1.23. The van der Waals surface area contributed by atoms with Gasteiger partial charge in [-0.2, -0.15) is 0 Å². The topological polar surface area (TPSA) is 63.8 Å². The maximum absolute atomic E-state index is 5.88. The van der Waals surface area contributed by atoms with Crippen molar-refractivity contribution in [3.05, 3.63) is 11.3 Å². The van der Waals surface area contributed by atoms with E-state index in [2.05, 4.69) is 15.3 Å². The molecule has 0 aromatic carbocycles. The minimum absolute atomic E-state index is 0.329. The molecule has 1 aliphatic carbocycles. The van der Waals surface area contributed by atoms with Gasteiger partial charge in [-0.1, -0.05) is 11.6 Å². The van der Waals surface area contributed by atoms with Crippen molar-refractivity contribution in [3.63, 3.8) is 0 Å². The standard InChI is InChI=1S/C8H11ClN4/c9-6-7(10)12-4-13-8(6)11-3-5-1-2-5/h4-5H,1-3H2,(H3,10,11,12,13). The van der Waals surface area contributed by atoms with Gasteiger partial charge in [0, 0.05) is 6.54 Å². The van der Waals surface area contributed by atoms with E-state index in [9.17, 15) is 0 Å². The second kappa shape index (κ2) is 3.38. The van der Waals surface area contributed by atoms with Crippen molar-refractivity contribution in [2.45, 2.75) is 12.8 Å². The highest BCUT2D eigenvalue weighted by Gasteiger charge is 2.21. The molecule has 1 aromatic heterocycles. The quantitative estimate of drug-likeness (QED) is 0.773. The average Bonchev–Trinajstić information content (AvgIpc) is 2.91. The summed E-state index contributed by atoms with van der Waals surface area (Å²) in [7, 11) is 0. The van der Waals surface area contributed by atoms with Gasteiger partial charge in [-0.15, -0.1) is 0 Å². The Balaban J connectivity index is 2.05. The molecule has 5 heteroatoms. The first-order valence-corrected chi connectivity index (χ1v) is 4.65. The number of anilines is 2. The number of hydrogen-bond donors (Lipinski definition) is 2. The van der Waals surface area contributed by atoms with Crippen molar-refractivity contribution in [2.75, 3.05) is 17.6 Å². The summed E-state index contributed by atoms with van der Waals surface area (Å²) in [5.41, 5.74) is 5.52. The van der Waals surface area contributed by atoms with Crippen LogP contribution in [-0.2, 0) is 0 Å². The third-order valence-corrected chi connectivity index (χ3v) is 2.44. The number of hydrogen-bond acceptors (Lipinski definition) is 4. The summed E-state index contributed by atoms with van der Waals surface area (Å²) < 4.78 is 0. The van der Waals surface area contributed by atoms with Gasteiger partial charge in [-0.3, -0.25) is 0 Å². The number of halogens is 1. The molecule has 13 heavy (non-hydrogen) atoms. The van der Waals surface area contributed by atoms with E-state index in [0.717, 1.165) is 12.5 Å². The molecule has 1 aliphatic rings. The summed E-state index contributed by atoms with van der Waals surface area (Å²) >= 11 is 5.88. The monoisotopic (exact) mass is 198 g/mol. The van der Waals surface area contributed by atoms with Crippen molar-refractivity contribution >= 4 is 23.2 Å². The molecule has 0 spiro atoms. The van der Waals surface area contributed by atoms with E-state index in [1.807, 2.05) is 0 Å². The Morgan fingerprint density at radius 3 is 3.00 bits per heavy atom. The number of nitrogens with zero attached hydrogens (tertiary/aromatic N) is 2. The van der Waals surface area contributed by atoms with Crippen LogP contribution in [0.15, 0.2) is 6.33 Å². The zero-order valence-corrected chi connectivity index (χ0v) is 7.88. The van der Waals surface area contributed by atoms with Crippen LogP contribution >= 0.6 is 11.6 Å². The molecule has 0 radical (unpaired) electrons. The molecule has 0 saturated heterocycles. The Labute approximate surface area is 81.5 Å². The third-order valence-electron chi connectivity index (χ3n) is 2.07. The van der Waals surface area contributed by atoms with Crippen molar-refractivity contribution in [1.29, 1.82) is 0 Å². The van der Waals surface area contributed by atoms with Gasteiger partial charge in [-0.25, -0.2) is 9.97 Å². The van der Waals surface area contributed by atoms with Crippen LogP contribution in [0.1, 0.15) is 12.8 Å². The molecule has 0 aliphatic heterocycles. The van der Waals surface area contributed by atoms with E-state index < -0.39 is 0 Å². The van der Waals surface area contributed by atoms with Gasteiger partial charge in [0.25, 0.3) is 0 Å². The molecular weight excluding hydrogens is 188 g/mol. The lowest BCUT2D eigenvalue weighted by Gasteiger charge is -2.06. The minimum Gasteiger partial charge on any atom is -0.382 e. The first-order chi connectivity index (χ1) is 6.27. The molecule has 70 valence electrons. The molecule has 0 bridgehead atoms. The zero-order valence-electron chi connectivity index (χ0n) is 7.13. The lowest BCUT2D eigenvalue weighted by atomic mass is 10.4. The molecule has 0 atom stereocenters. The van der Waals surface area contributed by atoms with Crippen LogP contribution in [0.2, 0.25) is 5.02 Å². The van der Waals surface area contributed by atoms with Crippen molar-refractivity contribution in [3.8, 4) is 0 Å². The van der Waals surface area contributed by atoms with Gasteiger partial charge in [0.1, 0.15) is 23.0 Å². The van der Waals surface area contributed by atoms with E-state index >= 15 is 0 Å². The number of rotatable bonds is 3.